The molecule has 1 N–H and O–H groups in total. The lowest BCUT2D eigenvalue weighted by Crippen LogP contribution is -2.21. The molecule has 0 amide bonds. The van der Waals surface area contributed by atoms with E-state index in [9.17, 15) is 0 Å². The van der Waals surface area contributed by atoms with Gasteiger partial charge in [0.25, 0.3) is 0 Å². The average molecular weight is 429 g/mol. The number of aryl methyl sites for hydroxylation is 1. The Hall–Kier alpha value is -0.620. The van der Waals surface area contributed by atoms with Gasteiger partial charge < -0.3 is 9.73 Å². The smallest absolute Gasteiger partial charge is 0.137 e. The van der Waals surface area contributed by atoms with Crippen LogP contribution in [0.4, 0.5) is 0 Å². The zero-order valence-electron chi connectivity index (χ0n) is 11.7. The first kappa shape index (κ1) is 15.3. The summed E-state index contributed by atoms with van der Waals surface area (Å²) in [6.07, 6.45) is 0. The fraction of sp³-hybridized carbons (Fsp3) is 0.250. The molecule has 1 unspecified atom stereocenters. The van der Waals surface area contributed by atoms with Gasteiger partial charge in [0.2, 0.25) is 0 Å². The van der Waals surface area contributed by atoms with Gasteiger partial charge in [-0.3, -0.25) is 0 Å². The lowest BCUT2D eigenvalue weighted by Gasteiger charge is -2.14. The fourth-order valence-electron chi connectivity index (χ4n) is 2.49. The summed E-state index contributed by atoms with van der Waals surface area (Å²) in [5.41, 5.74) is 3.34. The van der Waals surface area contributed by atoms with Crippen LogP contribution < -0.4 is 5.32 Å². The molecule has 0 fully saturated rings. The third-order valence-electron chi connectivity index (χ3n) is 3.45. The summed E-state index contributed by atoms with van der Waals surface area (Å²) in [4.78, 5) is 0. The van der Waals surface area contributed by atoms with Crippen molar-refractivity contribution in [2.45, 2.75) is 19.9 Å². The van der Waals surface area contributed by atoms with Crippen LogP contribution in [-0.2, 0) is 0 Å². The number of furan rings is 1. The molecule has 0 saturated heterocycles. The number of rotatable bonds is 4. The first-order valence-corrected chi connectivity index (χ1v) is 9.17. The number of hydrogen-bond donors (Lipinski definition) is 1. The van der Waals surface area contributed by atoms with Crippen molar-refractivity contribution >= 4 is 54.2 Å². The van der Waals surface area contributed by atoms with Crippen LogP contribution in [0.1, 0.15) is 29.9 Å². The van der Waals surface area contributed by atoms with Crippen LogP contribution in [0.2, 0.25) is 0 Å². The standard InChI is InChI=1S/C16H15Br2NOS/c1-3-19-14(11-8-13(17)21-16(11)18)12-7-10-6-4-5-9(2)15(10)20-12/h4-8,14,19H,3H2,1-2H3. The van der Waals surface area contributed by atoms with Crippen LogP contribution >= 0.6 is 43.2 Å². The molecule has 5 heteroatoms. The van der Waals surface area contributed by atoms with Crippen LogP contribution in [-0.4, -0.2) is 6.54 Å². The topological polar surface area (TPSA) is 25.2 Å². The molecular weight excluding hydrogens is 414 g/mol. The lowest BCUT2D eigenvalue weighted by atomic mass is 10.1. The van der Waals surface area contributed by atoms with E-state index in [1.165, 1.54) is 11.1 Å². The molecule has 0 aliphatic heterocycles. The van der Waals surface area contributed by atoms with Crippen molar-refractivity contribution in [2.24, 2.45) is 0 Å². The third kappa shape index (κ3) is 2.97. The monoisotopic (exact) mass is 427 g/mol. The predicted molar refractivity (Wildman–Crippen MR) is 96.2 cm³/mol. The third-order valence-corrected chi connectivity index (χ3v) is 5.83. The Morgan fingerprint density at radius 1 is 1.29 bits per heavy atom. The highest BCUT2D eigenvalue weighted by Gasteiger charge is 2.22. The van der Waals surface area contributed by atoms with Gasteiger partial charge in [-0.05, 0) is 63.0 Å². The molecule has 3 rings (SSSR count). The summed E-state index contributed by atoms with van der Waals surface area (Å²) in [6.45, 7) is 5.06. The van der Waals surface area contributed by atoms with Crippen LogP contribution in [0.25, 0.3) is 11.0 Å². The number of nitrogens with one attached hydrogen (secondary N) is 1. The maximum absolute atomic E-state index is 6.14. The minimum absolute atomic E-state index is 0.0544. The van der Waals surface area contributed by atoms with Crippen molar-refractivity contribution in [1.82, 2.24) is 5.32 Å². The van der Waals surface area contributed by atoms with E-state index in [2.05, 4.69) is 81.4 Å². The molecule has 21 heavy (non-hydrogen) atoms. The first-order chi connectivity index (χ1) is 10.1. The second-order valence-electron chi connectivity index (χ2n) is 4.91. The molecular formula is C16H15Br2NOS. The Labute approximate surface area is 144 Å². The fourth-order valence-corrected chi connectivity index (χ4v) is 5.39. The van der Waals surface area contributed by atoms with Crippen molar-refractivity contribution in [3.8, 4) is 0 Å². The number of para-hydroxylation sites is 1. The van der Waals surface area contributed by atoms with Crippen LogP contribution in [0.3, 0.4) is 0 Å². The van der Waals surface area contributed by atoms with Crippen molar-refractivity contribution in [3.05, 3.63) is 54.8 Å². The molecule has 2 aromatic heterocycles. The van der Waals surface area contributed by atoms with Gasteiger partial charge in [-0.15, -0.1) is 11.3 Å². The van der Waals surface area contributed by atoms with Gasteiger partial charge in [0, 0.05) is 10.9 Å². The molecule has 2 heterocycles. The van der Waals surface area contributed by atoms with E-state index >= 15 is 0 Å². The second kappa shape index (κ2) is 6.24. The van der Waals surface area contributed by atoms with Crippen molar-refractivity contribution < 1.29 is 4.42 Å². The maximum atomic E-state index is 6.14. The minimum Gasteiger partial charge on any atom is -0.459 e. The number of benzene rings is 1. The number of halogens is 2. The molecule has 2 nitrogen and oxygen atoms in total. The van der Waals surface area contributed by atoms with Crippen molar-refractivity contribution in [1.29, 1.82) is 0 Å². The minimum atomic E-state index is 0.0544. The highest BCUT2D eigenvalue weighted by Crippen LogP contribution is 2.39. The Balaban J connectivity index is 2.11. The normalized spacial score (nSPS) is 13.0. The number of hydrogen-bond acceptors (Lipinski definition) is 3. The summed E-state index contributed by atoms with van der Waals surface area (Å²) in [7, 11) is 0. The molecule has 0 spiro atoms. The summed E-state index contributed by atoms with van der Waals surface area (Å²) >= 11 is 8.88. The zero-order chi connectivity index (χ0) is 15.0. The molecule has 1 aromatic carbocycles. The Bertz CT molecular complexity index is 778. The molecule has 0 radical (unpaired) electrons. The molecule has 0 bridgehead atoms. The van der Waals surface area contributed by atoms with E-state index in [0.29, 0.717) is 0 Å². The van der Waals surface area contributed by atoms with Gasteiger partial charge in [0.1, 0.15) is 11.3 Å². The van der Waals surface area contributed by atoms with Crippen LogP contribution in [0.5, 0.6) is 0 Å². The van der Waals surface area contributed by atoms with E-state index in [0.717, 1.165) is 30.8 Å². The molecule has 3 aromatic rings. The summed E-state index contributed by atoms with van der Waals surface area (Å²) in [5.74, 6) is 0.951. The quantitative estimate of drug-likeness (QED) is 0.548. The largest absolute Gasteiger partial charge is 0.459 e. The lowest BCUT2D eigenvalue weighted by molar-refractivity contribution is 0.476. The van der Waals surface area contributed by atoms with Crippen LogP contribution in [0, 0.1) is 6.92 Å². The Kier molecular flexibility index (Phi) is 4.54. The van der Waals surface area contributed by atoms with E-state index < -0.39 is 0 Å². The van der Waals surface area contributed by atoms with Crippen LogP contribution in [0.15, 0.2) is 42.3 Å². The van der Waals surface area contributed by atoms with Gasteiger partial charge in [-0.1, -0.05) is 25.1 Å². The Morgan fingerprint density at radius 3 is 2.71 bits per heavy atom. The summed E-state index contributed by atoms with van der Waals surface area (Å²) in [6, 6.07) is 10.6. The van der Waals surface area contributed by atoms with Crippen molar-refractivity contribution in [3.63, 3.8) is 0 Å². The molecule has 0 saturated carbocycles. The SMILES string of the molecule is CCNC(c1cc2cccc(C)c2o1)c1cc(Br)sc1Br. The van der Waals surface area contributed by atoms with E-state index in [1.54, 1.807) is 11.3 Å². The van der Waals surface area contributed by atoms with Gasteiger partial charge in [0.05, 0.1) is 13.6 Å². The highest BCUT2D eigenvalue weighted by molar-refractivity contribution is 9.12. The molecule has 110 valence electrons. The average Bonchev–Trinajstić information content (AvgIpc) is 3.00. The van der Waals surface area contributed by atoms with Gasteiger partial charge in [-0.2, -0.15) is 0 Å². The van der Waals surface area contributed by atoms with Gasteiger partial charge >= 0.3 is 0 Å². The maximum Gasteiger partial charge on any atom is 0.137 e. The molecule has 0 aliphatic rings. The first-order valence-electron chi connectivity index (χ1n) is 6.77. The van der Waals surface area contributed by atoms with E-state index in [-0.39, 0.29) is 6.04 Å². The second-order valence-corrected chi connectivity index (χ2v) is 8.66. The van der Waals surface area contributed by atoms with Gasteiger partial charge in [-0.25, -0.2) is 0 Å². The highest BCUT2D eigenvalue weighted by atomic mass is 79.9. The van der Waals surface area contributed by atoms with E-state index in [1.807, 2.05) is 0 Å². The van der Waals surface area contributed by atoms with E-state index in [4.69, 9.17) is 4.42 Å². The van der Waals surface area contributed by atoms with Gasteiger partial charge in [0.15, 0.2) is 0 Å². The number of thiophene rings is 1. The van der Waals surface area contributed by atoms with Crippen molar-refractivity contribution in [2.75, 3.05) is 6.54 Å². The molecule has 1 atom stereocenters. The number of fused-ring (bicyclic) bond motifs is 1. The zero-order valence-corrected chi connectivity index (χ0v) is 15.7. The molecule has 0 aliphatic carbocycles. The predicted octanol–water partition coefficient (Wildman–Crippen LogP) is 6.03. The Morgan fingerprint density at radius 2 is 2.10 bits per heavy atom. The summed E-state index contributed by atoms with van der Waals surface area (Å²) in [5, 5.41) is 4.66. The summed E-state index contributed by atoms with van der Waals surface area (Å²) < 4.78 is 8.37.